The van der Waals surface area contributed by atoms with Gasteiger partial charge < -0.3 is 10.3 Å². The van der Waals surface area contributed by atoms with Crippen LogP contribution in [0.3, 0.4) is 0 Å². The van der Waals surface area contributed by atoms with Crippen molar-refractivity contribution in [3.8, 4) is 0 Å². The van der Waals surface area contributed by atoms with Crippen molar-refractivity contribution in [3.63, 3.8) is 0 Å². The molecule has 0 aromatic carbocycles. The van der Waals surface area contributed by atoms with Gasteiger partial charge >= 0.3 is 0 Å². The maximum absolute atomic E-state index is 3.50. The van der Waals surface area contributed by atoms with Crippen LogP contribution >= 0.6 is 0 Å². The second-order valence-corrected chi connectivity index (χ2v) is 4.52. The fraction of sp³-hybridized carbons (Fsp3) is 0.500. The van der Waals surface area contributed by atoms with Crippen LogP contribution in [0.25, 0.3) is 5.57 Å². The molecular formula is C12H16N2. The van der Waals surface area contributed by atoms with Gasteiger partial charge in [0.1, 0.15) is 0 Å². The first kappa shape index (κ1) is 8.30. The van der Waals surface area contributed by atoms with Crippen molar-refractivity contribution >= 4 is 5.57 Å². The zero-order chi connectivity index (χ0) is 9.38. The number of hydrogen-bond donors (Lipinski definition) is 2. The first-order valence-corrected chi connectivity index (χ1v) is 5.46. The third kappa shape index (κ3) is 1.40. The Bertz CT molecular complexity index is 337. The lowest BCUT2D eigenvalue weighted by Gasteiger charge is -2.33. The molecule has 1 saturated heterocycles. The van der Waals surface area contributed by atoms with Crippen LogP contribution in [-0.4, -0.2) is 18.1 Å². The molecule has 2 bridgehead atoms. The monoisotopic (exact) mass is 188 g/mol. The van der Waals surface area contributed by atoms with E-state index in [-0.39, 0.29) is 0 Å². The molecule has 1 aliphatic carbocycles. The first-order valence-electron chi connectivity index (χ1n) is 5.46. The average Bonchev–Trinajstić information content (AvgIpc) is 2.69. The topological polar surface area (TPSA) is 27.8 Å². The summed E-state index contributed by atoms with van der Waals surface area (Å²) in [6, 6.07) is 2.18. The van der Waals surface area contributed by atoms with Crippen molar-refractivity contribution in [2.75, 3.05) is 13.1 Å². The van der Waals surface area contributed by atoms with Gasteiger partial charge in [-0.05, 0) is 48.4 Å². The molecule has 1 aliphatic heterocycles. The number of fused-ring (bicyclic) bond motifs is 2. The molecule has 14 heavy (non-hydrogen) atoms. The average molecular weight is 188 g/mol. The highest BCUT2D eigenvalue weighted by Gasteiger charge is 2.26. The van der Waals surface area contributed by atoms with E-state index in [0.717, 1.165) is 11.8 Å². The van der Waals surface area contributed by atoms with Crippen LogP contribution in [0.2, 0.25) is 0 Å². The van der Waals surface area contributed by atoms with Crippen LogP contribution in [0.5, 0.6) is 0 Å². The third-order valence-electron chi connectivity index (χ3n) is 3.39. The minimum Gasteiger partial charge on any atom is -0.367 e. The number of H-pyrrole nitrogens is 1. The standard InChI is InChI=1S/C12H16N2/c1-2-13-8-11(1)12-4-9-3-10(5-12)7-14-6-9/h1-2,4,8-10,13-14H,3,5-7H2. The van der Waals surface area contributed by atoms with Crippen molar-refractivity contribution in [1.82, 2.24) is 10.3 Å². The fourth-order valence-corrected chi connectivity index (χ4v) is 2.75. The van der Waals surface area contributed by atoms with Gasteiger partial charge in [-0.1, -0.05) is 6.08 Å². The lowest BCUT2D eigenvalue weighted by molar-refractivity contribution is 0.317. The summed E-state index contributed by atoms with van der Waals surface area (Å²) in [6.07, 6.45) is 9.23. The molecule has 1 fully saturated rings. The highest BCUT2D eigenvalue weighted by molar-refractivity contribution is 5.66. The summed E-state index contributed by atoms with van der Waals surface area (Å²) < 4.78 is 0. The lowest BCUT2D eigenvalue weighted by Crippen LogP contribution is -2.37. The summed E-state index contributed by atoms with van der Waals surface area (Å²) in [5.74, 6) is 1.64. The molecule has 2 heterocycles. The van der Waals surface area contributed by atoms with E-state index in [9.17, 15) is 0 Å². The molecule has 1 aromatic rings. The Balaban J connectivity index is 1.90. The zero-order valence-corrected chi connectivity index (χ0v) is 8.29. The third-order valence-corrected chi connectivity index (χ3v) is 3.39. The largest absolute Gasteiger partial charge is 0.367 e. The maximum Gasteiger partial charge on any atom is 0.00807 e. The molecule has 2 aliphatic rings. The van der Waals surface area contributed by atoms with Crippen molar-refractivity contribution in [2.24, 2.45) is 11.8 Å². The van der Waals surface area contributed by atoms with Crippen molar-refractivity contribution in [1.29, 1.82) is 0 Å². The Labute approximate surface area is 84.4 Å². The summed E-state index contributed by atoms with van der Waals surface area (Å²) in [7, 11) is 0. The van der Waals surface area contributed by atoms with E-state index >= 15 is 0 Å². The van der Waals surface area contributed by atoms with Crippen LogP contribution in [-0.2, 0) is 0 Å². The molecule has 2 nitrogen and oxygen atoms in total. The van der Waals surface area contributed by atoms with Gasteiger partial charge in [0.05, 0.1) is 0 Å². The van der Waals surface area contributed by atoms with Crippen molar-refractivity contribution in [2.45, 2.75) is 12.8 Å². The summed E-state index contributed by atoms with van der Waals surface area (Å²) >= 11 is 0. The first-order chi connectivity index (χ1) is 6.92. The highest BCUT2D eigenvalue weighted by atomic mass is 14.9. The number of rotatable bonds is 1. The normalized spacial score (nSPS) is 31.3. The number of aromatic nitrogens is 1. The number of allylic oxidation sites excluding steroid dienone is 1. The van der Waals surface area contributed by atoms with Gasteiger partial charge in [0.15, 0.2) is 0 Å². The molecule has 2 N–H and O–H groups in total. The molecule has 74 valence electrons. The van der Waals surface area contributed by atoms with Crippen LogP contribution in [0.1, 0.15) is 18.4 Å². The Morgan fingerprint density at radius 1 is 1.29 bits per heavy atom. The molecular weight excluding hydrogens is 172 g/mol. The van der Waals surface area contributed by atoms with Crippen LogP contribution in [0.15, 0.2) is 24.5 Å². The van der Waals surface area contributed by atoms with Gasteiger partial charge in [-0.2, -0.15) is 0 Å². The Morgan fingerprint density at radius 3 is 3.07 bits per heavy atom. The predicted octanol–water partition coefficient (Wildman–Crippen LogP) is 2.03. The highest BCUT2D eigenvalue weighted by Crippen LogP contribution is 2.35. The number of piperidine rings is 1. The Hall–Kier alpha value is -1.02. The van der Waals surface area contributed by atoms with E-state index in [1.807, 2.05) is 6.20 Å². The smallest absolute Gasteiger partial charge is 0.00807 e. The number of nitrogens with one attached hydrogen (secondary N) is 2. The molecule has 0 spiro atoms. The summed E-state index contributed by atoms with van der Waals surface area (Å²) in [5, 5.41) is 3.50. The molecule has 3 rings (SSSR count). The quantitative estimate of drug-likeness (QED) is 0.693. The van der Waals surface area contributed by atoms with E-state index in [0.29, 0.717) is 0 Å². The summed E-state index contributed by atoms with van der Waals surface area (Å²) in [5.41, 5.74) is 2.94. The van der Waals surface area contributed by atoms with E-state index < -0.39 is 0 Å². The minimum atomic E-state index is 0.771. The number of aromatic amines is 1. The van der Waals surface area contributed by atoms with Gasteiger partial charge in [-0.15, -0.1) is 0 Å². The van der Waals surface area contributed by atoms with Crippen molar-refractivity contribution < 1.29 is 0 Å². The van der Waals surface area contributed by atoms with Gasteiger partial charge in [0.2, 0.25) is 0 Å². The fourth-order valence-electron chi connectivity index (χ4n) is 2.75. The van der Waals surface area contributed by atoms with Gasteiger partial charge in [-0.3, -0.25) is 0 Å². The molecule has 1 aromatic heterocycles. The van der Waals surface area contributed by atoms with E-state index in [1.54, 1.807) is 5.57 Å². The molecule has 0 amide bonds. The minimum absolute atomic E-state index is 0.771. The van der Waals surface area contributed by atoms with Gasteiger partial charge in [0.25, 0.3) is 0 Å². The predicted molar refractivity (Wildman–Crippen MR) is 57.9 cm³/mol. The van der Waals surface area contributed by atoms with Gasteiger partial charge in [-0.25, -0.2) is 0 Å². The zero-order valence-electron chi connectivity index (χ0n) is 8.29. The van der Waals surface area contributed by atoms with E-state index in [2.05, 4.69) is 28.6 Å². The summed E-state index contributed by atoms with van der Waals surface area (Å²) in [4.78, 5) is 3.14. The molecule has 2 heteroatoms. The van der Waals surface area contributed by atoms with E-state index in [1.165, 1.54) is 31.5 Å². The SMILES string of the molecule is C1=C(c2cc[nH]c2)CC2CNCC1C2. The van der Waals surface area contributed by atoms with Crippen LogP contribution in [0, 0.1) is 11.8 Å². The Kier molecular flexibility index (Phi) is 1.95. The van der Waals surface area contributed by atoms with Crippen LogP contribution < -0.4 is 5.32 Å². The van der Waals surface area contributed by atoms with Crippen LogP contribution in [0.4, 0.5) is 0 Å². The number of hydrogen-bond acceptors (Lipinski definition) is 1. The molecule has 0 radical (unpaired) electrons. The van der Waals surface area contributed by atoms with Gasteiger partial charge in [0, 0.05) is 18.9 Å². The molecule has 2 atom stereocenters. The lowest BCUT2D eigenvalue weighted by atomic mass is 9.78. The second kappa shape index (κ2) is 3.28. The Morgan fingerprint density at radius 2 is 2.29 bits per heavy atom. The maximum atomic E-state index is 3.50. The van der Waals surface area contributed by atoms with E-state index in [4.69, 9.17) is 0 Å². The van der Waals surface area contributed by atoms with Crippen molar-refractivity contribution in [3.05, 3.63) is 30.1 Å². The summed E-state index contributed by atoms with van der Waals surface area (Å²) in [6.45, 7) is 2.38. The molecule has 0 saturated carbocycles. The molecule has 2 unspecified atom stereocenters. The second-order valence-electron chi connectivity index (χ2n) is 4.52.